The first-order chi connectivity index (χ1) is 5.77. The fraction of sp³-hybridized carbons (Fsp3) is 0.429. The Labute approximate surface area is 68.6 Å². The van der Waals surface area contributed by atoms with E-state index in [1.807, 2.05) is 0 Å². The third-order valence-electron chi connectivity index (χ3n) is 1.75. The highest BCUT2D eigenvalue weighted by molar-refractivity contribution is 5.70. The van der Waals surface area contributed by atoms with E-state index in [1.54, 1.807) is 10.9 Å². The fourth-order valence-electron chi connectivity index (χ4n) is 1.25. The number of carboxylic acid groups (broad SMARTS) is 1. The zero-order valence-electron chi connectivity index (χ0n) is 6.36. The lowest BCUT2D eigenvalue weighted by Gasteiger charge is -1.95. The fourth-order valence-corrected chi connectivity index (χ4v) is 1.25. The van der Waals surface area contributed by atoms with E-state index >= 15 is 0 Å². The van der Waals surface area contributed by atoms with Gasteiger partial charge in [0, 0.05) is 5.56 Å². The van der Waals surface area contributed by atoms with E-state index in [4.69, 9.17) is 9.84 Å². The molecule has 0 saturated heterocycles. The molecular weight excluding hydrogens is 160 g/mol. The largest absolute Gasteiger partial charge is 0.481 e. The van der Waals surface area contributed by atoms with E-state index < -0.39 is 5.97 Å². The molecule has 1 aliphatic rings. The van der Waals surface area contributed by atoms with Gasteiger partial charge in [0.2, 0.25) is 5.88 Å². The van der Waals surface area contributed by atoms with E-state index in [0.29, 0.717) is 18.1 Å². The van der Waals surface area contributed by atoms with Gasteiger partial charge in [0.05, 0.1) is 19.2 Å². The lowest BCUT2D eigenvalue weighted by Crippen LogP contribution is -2.00. The summed E-state index contributed by atoms with van der Waals surface area (Å²) in [7, 11) is 0. The first-order valence-corrected chi connectivity index (χ1v) is 3.66. The number of aliphatic carboxylic acids is 1. The highest BCUT2D eigenvalue weighted by Gasteiger charge is 2.18. The zero-order valence-corrected chi connectivity index (χ0v) is 6.36. The van der Waals surface area contributed by atoms with Gasteiger partial charge in [-0.05, 0) is 0 Å². The van der Waals surface area contributed by atoms with Crippen molar-refractivity contribution in [3.8, 4) is 5.88 Å². The number of ether oxygens (including phenoxy) is 1. The summed E-state index contributed by atoms with van der Waals surface area (Å²) in [5.74, 6) is -0.251. The zero-order chi connectivity index (χ0) is 8.55. The third-order valence-corrected chi connectivity index (χ3v) is 1.75. The molecule has 0 fully saturated rings. The van der Waals surface area contributed by atoms with E-state index in [0.717, 1.165) is 6.54 Å². The Balaban J connectivity index is 2.27. The molecule has 0 aliphatic carbocycles. The molecule has 2 heterocycles. The molecular formula is C7H8N2O3. The second-order valence-corrected chi connectivity index (χ2v) is 2.62. The minimum Gasteiger partial charge on any atom is -0.481 e. The van der Waals surface area contributed by atoms with Gasteiger partial charge in [0.1, 0.15) is 6.61 Å². The van der Waals surface area contributed by atoms with Crippen molar-refractivity contribution in [2.75, 3.05) is 6.61 Å². The van der Waals surface area contributed by atoms with Gasteiger partial charge in [-0.1, -0.05) is 0 Å². The van der Waals surface area contributed by atoms with Crippen LogP contribution in [0.15, 0.2) is 6.20 Å². The van der Waals surface area contributed by atoms with Gasteiger partial charge >= 0.3 is 5.97 Å². The maximum Gasteiger partial charge on any atom is 0.308 e. The van der Waals surface area contributed by atoms with Gasteiger partial charge in [-0.15, -0.1) is 0 Å². The highest BCUT2D eigenvalue weighted by Crippen LogP contribution is 2.22. The monoisotopic (exact) mass is 168 g/mol. The second-order valence-electron chi connectivity index (χ2n) is 2.62. The molecule has 0 aromatic carbocycles. The Morgan fingerprint density at radius 3 is 3.42 bits per heavy atom. The number of aromatic nitrogens is 2. The van der Waals surface area contributed by atoms with Gasteiger partial charge < -0.3 is 9.84 Å². The smallest absolute Gasteiger partial charge is 0.308 e. The molecule has 0 atom stereocenters. The molecule has 1 aliphatic heterocycles. The first kappa shape index (κ1) is 7.15. The van der Waals surface area contributed by atoms with Crippen molar-refractivity contribution in [1.29, 1.82) is 0 Å². The highest BCUT2D eigenvalue weighted by atomic mass is 16.5. The van der Waals surface area contributed by atoms with Crippen LogP contribution in [0.5, 0.6) is 5.88 Å². The molecule has 12 heavy (non-hydrogen) atoms. The standard InChI is InChI=1S/C7H8N2O3/c10-6(11)3-5-4-8-9-1-2-12-7(5)9/h4H,1-3H2,(H,10,11). The third kappa shape index (κ3) is 1.03. The van der Waals surface area contributed by atoms with Crippen LogP contribution >= 0.6 is 0 Å². The molecule has 0 spiro atoms. The number of hydrogen-bond donors (Lipinski definition) is 1. The van der Waals surface area contributed by atoms with Gasteiger partial charge in [0.15, 0.2) is 0 Å². The van der Waals surface area contributed by atoms with E-state index in [2.05, 4.69) is 5.10 Å². The molecule has 1 N–H and O–H groups in total. The maximum atomic E-state index is 10.4. The molecule has 5 heteroatoms. The van der Waals surface area contributed by atoms with Crippen molar-refractivity contribution >= 4 is 5.97 Å². The molecule has 0 unspecified atom stereocenters. The lowest BCUT2D eigenvalue weighted by molar-refractivity contribution is -0.136. The summed E-state index contributed by atoms with van der Waals surface area (Å²) in [6.07, 6.45) is 1.53. The maximum absolute atomic E-state index is 10.4. The van der Waals surface area contributed by atoms with Crippen LogP contribution in [-0.2, 0) is 17.8 Å². The SMILES string of the molecule is O=C(O)Cc1cnn2c1OCC2. The van der Waals surface area contributed by atoms with Crippen LogP contribution in [0.4, 0.5) is 0 Å². The molecule has 1 aromatic heterocycles. The average Bonchev–Trinajstić information content (AvgIpc) is 2.52. The molecule has 64 valence electrons. The summed E-state index contributed by atoms with van der Waals surface area (Å²) in [6.45, 7) is 1.31. The van der Waals surface area contributed by atoms with Crippen LogP contribution in [0.3, 0.4) is 0 Å². The van der Waals surface area contributed by atoms with Gasteiger partial charge in [-0.25, -0.2) is 4.68 Å². The van der Waals surface area contributed by atoms with Crippen LogP contribution < -0.4 is 4.74 Å². The van der Waals surface area contributed by atoms with Crippen molar-refractivity contribution in [3.63, 3.8) is 0 Å². The predicted molar refractivity (Wildman–Crippen MR) is 39.1 cm³/mol. The topological polar surface area (TPSA) is 64.3 Å². The Bertz CT molecular complexity index is 318. The van der Waals surface area contributed by atoms with Crippen molar-refractivity contribution < 1.29 is 14.6 Å². The number of rotatable bonds is 2. The summed E-state index contributed by atoms with van der Waals surface area (Å²) in [5.41, 5.74) is 0.653. The summed E-state index contributed by atoms with van der Waals surface area (Å²) >= 11 is 0. The normalized spacial score (nSPS) is 14.0. The van der Waals surface area contributed by atoms with Crippen LogP contribution in [0.1, 0.15) is 5.56 Å². The summed E-state index contributed by atoms with van der Waals surface area (Å²) in [4.78, 5) is 10.4. The van der Waals surface area contributed by atoms with Crippen molar-refractivity contribution in [2.45, 2.75) is 13.0 Å². The molecule has 1 aromatic rings. The molecule has 5 nitrogen and oxygen atoms in total. The second kappa shape index (κ2) is 2.51. The van der Waals surface area contributed by atoms with E-state index in [1.165, 1.54) is 0 Å². The van der Waals surface area contributed by atoms with Gasteiger partial charge in [0.25, 0.3) is 0 Å². The first-order valence-electron chi connectivity index (χ1n) is 3.66. The number of hydrogen-bond acceptors (Lipinski definition) is 3. The Hall–Kier alpha value is -1.52. The van der Waals surface area contributed by atoms with Crippen LogP contribution in [-0.4, -0.2) is 27.5 Å². The Morgan fingerprint density at radius 2 is 2.67 bits per heavy atom. The van der Waals surface area contributed by atoms with E-state index in [9.17, 15) is 4.79 Å². The summed E-state index contributed by atoms with van der Waals surface area (Å²) < 4.78 is 6.89. The van der Waals surface area contributed by atoms with Gasteiger partial charge in [-0.3, -0.25) is 4.79 Å². The number of carbonyl (C=O) groups is 1. The summed E-state index contributed by atoms with van der Waals surface area (Å²) in [6, 6.07) is 0. The summed E-state index contributed by atoms with van der Waals surface area (Å²) in [5, 5.41) is 12.5. The van der Waals surface area contributed by atoms with Gasteiger partial charge in [-0.2, -0.15) is 5.10 Å². The van der Waals surface area contributed by atoms with Crippen LogP contribution in [0.25, 0.3) is 0 Å². The molecule has 0 amide bonds. The Kier molecular flexibility index (Phi) is 1.49. The van der Waals surface area contributed by atoms with Crippen LogP contribution in [0, 0.1) is 0 Å². The molecule has 0 saturated carbocycles. The predicted octanol–water partition coefficient (Wildman–Crippen LogP) is -0.0974. The quantitative estimate of drug-likeness (QED) is 0.669. The average molecular weight is 168 g/mol. The van der Waals surface area contributed by atoms with Crippen molar-refractivity contribution in [1.82, 2.24) is 9.78 Å². The number of carboxylic acids is 1. The van der Waals surface area contributed by atoms with E-state index in [-0.39, 0.29) is 6.42 Å². The lowest BCUT2D eigenvalue weighted by atomic mass is 10.2. The Morgan fingerprint density at radius 1 is 1.83 bits per heavy atom. The number of nitrogens with zero attached hydrogens (tertiary/aromatic N) is 2. The molecule has 0 bridgehead atoms. The minimum atomic E-state index is -0.860. The molecule has 2 rings (SSSR count). The minimum absolute atomic E-state index is 0.0185. The molecule has 0 radical (unpaired) electrons. The van der Waals surface area contributed by atoms with Crippen molar-refractivity contribution in [2.24, 2.45) is 0 Å². The van der Waals surface area contributed by atoms with Crippen molar-refractivity contribution in [3.05, 3.63) is 11.8 Å². The number of fused-ring (bicyclic) bond motifs is 1. The van der Waals surface area contributed by atoms with Crippen LogP contribution in [0.2, 0.25) is 0 Å².